The average molecular weight is 540 g/mol. The van der Waals surface area contributed by atoms with Crippen molar-refractivity contribution in [1.82, 2.24) is 9.80 Å². The molecule has 6 rings (SSSR count). The minimum atomic E-state index is 0.0703. The molecule has 192 valence electrons. The number of halogens is 1. The lowest BCUT2D eigenvalue weighted by atomic mass is 9.94. The molecule has 1 saturated heterocycles. The second-order valence-electron chi connectivity index (χ2n) is 10.2. The highest BCUT2D eigenvalue weighted by atomic mass is 35.5. The lowest BCUT2D eigenvalue weighted by Gasteiger charge is -2.38. The molecule has 0 saturated carbocycles. The van der Waals surface area contributed by atoms with Crippen molar-refractivity contribution < 1.29 is 4.79 Å². The lowest BCUT2D eigenvalue weighted by molar-refractivity contribution is 0.0671. The number of piperazine rings is 1. The van der Waals surface area contributed by atoms with E-state index >= 15 is 0 Å². The van der Waals surface area contributed by atoms with Crippen LogP contribution in [-0.2, 0) is 0 Å². The summed E-state index contributed by atoms with van der Waals surface area (Å²) in [6.07, 6.45) is 5.67. The molecule has 2 aliphatic heterocycles. The van der Waals surface area contributed by atoms with Crippen LogP contribution in [0.15, 0.2) is 105 Å². The molecule has 0 bridgehead atoms. The average Bonchev–Trinajstić information content (AvgIpc) is 3.10. The van der Waals surface area contributed by atoms with Gasteiger partial charge in [-0.05, 0) is 67.3 Å². The summed E-state index contributed by atoms with van der Waals surface area (Å²) in [6, 6.07) is 22.0. The van der Waals surface area contributed by atoms with Gasteiger partial charge in [-0.1, -0.05) is 66.7 Å². The highest BCUT2D eigenvalue weighted by Crippen LogP contribution is 2.42. The first-order valence-corrected chi connectivity index (χ1v) is 14.3. The molecule has 2 heterocycles. The number of allylic oxidation sites excluding steroid dienone is 3. The first kappa shape index (κ1) is 25.0. The number of fused-ring (bicyclic) bond motifs is 2. The van der Waals surface area contributed by atoms with Crippen molar-refractivity contribution in [1.29, 1.82) is 0 Å². The van der Waals surface area contributed by atoms with Crippen LogP contribution in [0.5, 0.6) is 0 Å². The van der Waals surface area contributed by atoms with Crippen molar-refractivity contribution in [2.45, 2.75) is 30.1 Å². The summed E-state index contributed by atoms with van der Waals surface area (Å²) in [5.74, 6) is 0.671. The Morgan fingerprint density at radius 1 is 0.974 bits per heavy atom. The number of carbonyl (C=O) groups excluding carboxylic acids is 1. The molecule has 1 atom stereocenters. The highest BCUT2D eigenvalue weighted by molar-refractivity contribution is 7.99. The van der Waals surface area contributed by atoms with Crippen LogP contribution in [0.1, 0.15) is 41.8 Å². The molecular weight excluding hydrogens is 510 g/mol. The van der Waals surface area contributed by atoms with Gasteiger partial charge in [-0.15, -0.1) is 0 Å². The van der Waals surface area contributed by atoms with E-state index in [2.05, 4.69) is 49.1 Å². The normalized spacial score (nSPS) is 19.0. The zero-order valence-electron chi connectivity index (χ0n) is 21.7. The van der Waals surface area contributed by atoms with Crippen molar-refractivity contribution in [2.24, 2.45) is 10.9 Å². The summed E-state index contributed by atoms with van der Waals surface area (Å²) in [4.78, 5) is 25.3. The summed E-state index contributed by atoms with van der Waals surface area (Å²) in [6.45, 7) is 7.63. The van der Waals surface area contributed by atoms with Gasteiger partial charge < -0.3 is 9.80 Å². The molecular formula is C32H30ClN3OS. The number of hydrogen-bond donors (Lipinski definition) is 0. The molecule has 1 aliphatic carbocycles. The SMILES string of the molecule is CC1=C(N2CCN(C(=O)c3ccc4c(c3)N=C(c3ccc(Cl)cc3)c3ccccc3S4)CC2)C=CC(C)C1. The van der Waals surface area contributed by atoms with Crippen molar-refractivity contribution in [3.8, 4) is 0 Å². The van der Waals surface area contributed by atoms with Gasteiger partial charge in [0.15, 0.2) is 0 Å². The fourth-order valence-electron chi connectivity index (χ4n) is 5.46. The molecule has 4 nitrogen and oxygen atoms in total. The smallest absolute Gasteiger partial charge is 0.254 e. The summed E-state index contributed by atoms with van der Waals surface area (Å²) in [7, 11) is 0. The monoisotopic (exact) mass is 539 g/mol. The fraction of sp³-hybridized carbons (Fsp3) is 0.250. The molecule has 3 aromatic rings. The van der Waals surface area contributed by atoms with E-state index in [9.17, 15) is 4.79 Å². The molecule has 38 heavy (non-hydrogen) atoms. The van der Waals surface area contributed by atoms with Gasteiger partial charge in [0, 0.05) is 63.4 Å². The molecule has 3 aromatic carbocycles. The first-order chi connectivity index (χ1) is 18.5. The van der Waals surface area contributed by atoms with Gasteiger partial charge in [-0.3, -0.25) is 4.79 Å². The van der Waals surface area contributed by atoms with E-state index in [0.29, 0.717) is 16.5 Å². The quantitative estimate of drug-likeness (QED) is 0.269. The van der Waals surface area contributed by atoms with E-state index in [-0.39, 0.29) is 5.91 Å². The van der Waals surface area contributed by atoms with Crippen LogP contribution in [-0.4, -0.2) is 47.6 Å². The second-order valence-corrected chi connectivity index (χ2v) is 11.8. The zero-order valence-corrected chi connectivity index (χ0v) is 23.2. The topological polar surface area (TPSA) is 35.9 Å². The highest BCUT2D eigenvalue weighted by Gasteiger charge is 2.26. The van der Waals surface area contributed by atoms with E-state index < -0.39 is 0 Å². The molecule has 1 fully saturated rings. The largest absolute Gasteiger partial charge is 0.368 e. The predicted molar refractivity (Wildman–Crippen MR) is 157 cm³/mol. The summed E-state index contributed by atoms with van der Waals surface area (Å²) < 4.78 is 0. The molecule has 3 aliphatic rings. The minimum Gasteiger partial charge on any atom is -0.368 e. The maximum absolute atomic E-state index is 13.6. The molecule has 0 spiro atoms. The Morgan fingerprint density at radius 2 is 1.74 bits per heavy atom. The predicted octanol–water partition coefficient (Wildman–Crippen LogP) is 7.60. The number of benzene rings is 3. The third-order valence-electron chi connectivity index (χ3n) is 7.47. The van der Waals surface area contributed by atoms with Crippen molar-refractivity contribution in [2.75, 3.05) is 26.2 Å². The van der Waals surface area contributed by atoms with E-state index in [1.165, 1.54) is 11.3 Å². The number of nitrogens with zero attached hydrogens (tertiary/aromatic N) is 3. The maximum atomic E-state index is 13.6. The summed E-state index contributed by atoms with van der Waals surface area (Å²) in [5, 5.41) is 0.694. The third-order valence-corrected chi connectivity index (χ3v) is 8.87. The van der Waals surface area contributed by atoms with Crippen LogP contribution in [0.4, 0.5) is 5.69 Å². The first-order valence-electron chi connectivity index (χ1n) is 13.1. The molecule has 6 heteroatoms. The number of carbonyl (C=O) groups is 1. The Balaban J connectivity index is 1.26. The minimum absolute atomic E-state index is 0.0703. The number of hydrogen-bond acceptors (Lipinski definition) is 4. The van der Waals surface area contributed by atoms with E-state index in [4.69, 9.17) is 16.6 Å². The lowest BCUT2D eigenvalue weighted by Crippen LogP contribution is -2.48. The Hall–Kier alpha value is -3.28. The van der Waals surface area contributed by atoms with Crippen molar-refractivity contribution >= 4 is 40.7 Å². The van der Waals surface area contributed by atoms with Crippen LogP contribution < -0.4 is 0 Å². The fourth-order valence-corrected chi connectivity index (χ4v) is 6.59. The van der Waals surface area contributed by atoms with Gasteiger partial charge in [-0.2, -0.15) is 0 Å². The Labute approximate surface area is 233 Å². The van der Waals surface area contributed by atoms with Crippen LogP contribution in [0.2, 0.25) is 5.02 Å². The van der Waals surface area contributed by atoms with Gasteiger partial charge in [0.2, 0.25) is 0 Å². The van der Waals surface area contributed by atoms with Crippen LogP contribution in [0, 0.1) is 5.92 Å². The van der Waals surface area contributed by atoms with Gasteiger partial charge in [0.05, 0.1) is 11.4 Å². The Kier molecular flexibility index (Phi) is 6.89. The maximum Gasteiger partial charge on any atom is 0.254 e. The molecule has 1 unspecified atom stereocenters. The van der Waals surface area contributed by atoms with Crippen molar-refractivity contribution in [3.63, 3.8) is 0 Å². The zero-order chi connectivity index (χ0) is 26.2. The van der Waals surface area contributed by atoms with Crippen molar-refractivity contribution in [3.05, 3.63) is 112 Å². The summed E-state index contributed by atoms with van der Waals surface area (Å²) >= 11 is 7.86. The molecule has 0 N–H and O–H groups in total. The van der Waals surface area contributed by atoms with Crippen LogP contribution >= 0.6 is 23.4 Å². The van der Waals surface area contributed by atoms with Gasteiger partial charge in [-0.25, -0.2) is 4.99 Å². The standard InChI is InChI=1S/C32H30ClN3OS/c1-21-7-13-28(22(2)19-21)35-15-17-36(18-16-35)32(37)24-10-14-30-27(20-24)34-31(23-8-11-25(33)12-9-23)26-5-3-4-6-29(26)38-30/h3-14,20-21H,15-19H2,1-2H3. The Morgan fingerprint density at radius 3 is 2.50 bits per heavy atom. The number of amides is 1. The number of rotatable bonds is 3. The van der Waals surface area contributed by atoms with E-state index in [0.717, 1.165) is 64.9 Å². The number of aliphatic imine (C=N–C) groups is 1. The molecule has 1 amide bonds. The molecule has 0 aromatic heterocycles. The van der Waals surface area contributed by atoms with Gasteiger partial charge >= 0.3 is 0 Å². The Bertz CT molecular complexity index is 1480. The van der Waals surface area contributed by atoms with Crippen LogP contribution in [0.3, 0.4) is 0 Å². The van der Waals surface area contributed by atoms with Crippen LogP contribution in [0.25, 0.3) is 0 Å². The second kappa shape index (κ2) is 10.5. The molecule has 0 radical (unpaired) electrons. The summed E-state index contributed by atoms with van der Waals surface area (Å²) in [5.41, 5.74) is 7.25. The van der Waals surface area contributed by atoms with Gasteiger partial charge in [0.1, 0.15) is 0 Å². The third kappa shape index (κ3) is 4.93. The van der Waals surface area contributed by atoms with E-state index in [1.807, 2.05) is 53.4 Å². The van der Waals surface area contributed by atoms with Gasteiger partial charge in [0.25, 0.3) is 5.91 Å². The van der Waals surface area contributed by atoms with E-state index in [1.54, 1.807) is 11.8 Å².